The average Bonchev–Trinajstić information content (AvgIpc) is 2.84. The molecule has 0 bridgehead atoms. The molecular formula is C24H25N7O2. The number of piperazine rings is 1. The van der Waals surface area contributed by atoms with Crippen molar-refractivity contribution in [1.29, 1.82) is 10.8 Å². The fraction of sp³-hybridized carbons (Fsp3) is 0.208. The molecular weight excluding hydrogens is 418 g/mol. The molecule has 0 saturated carbocycles. The number of aromatic nitrogens is 2. The molecule has 1 aliphatic heterocycles. The summed E-state index contributed by atoms with van der Waals surface area (Å²) in [5.41, 5.74) is 8.30. The number of nitrogen functional groups attached to an aromatic ring is 1. The largest absolute Gasteiger partial charge is 0.419 e. The first-order valence-corrected chi connectivity index (χ1v) is 10.6. The number of amides is 1. The molecule has 2 heterocycles. The zero-order valence-corrected chi connectivity index (χ0v) is 18.2. The van der Waals surface area contributed by atoms with E-state index in [9.17, 15) is 4.79 Å². The highest BCUT2D eigenvalue weighted by Crippen LogP contribution is 2.21. The molecule has 2 aromatic carbocycles. The van der Waals surface area contributed by atoms with Crippen molar-refractivity contribution < 1.29 is 9.53 Å². The maximum absolute atomic E-state index is 12.8. The van der Waals surface area contributed by atoms with E-state index in [0.29, 0.717) is 29.9 Å². The lowest BCUT2D eigenvalue weighted by Gasteiger charge is -2.32. The van der Waals surface area contributed by atoms with Gasteiger partial charge in [-0.2, -0.15) is 0 Å². The molecule has 0 aliphatic carbocycles. The topological polar surface area (TPSA) is 141 Å². The summed E-state index contributed by atoms with van der Waals surface area (Å²) < 4.78 is 5.35. The number of rotatable bonds is 4. The van der Waals surface area contributed by atoms with Gasteiger partial charge in [-0.3, -0.25) is 15.6 Å². The Morgan fingerprint density at radius 1 is 1.09 bits per heavy atom. The highest BCUT2D eigenvalue weighted by atomic mass is 16.5. The maximum atomic E-state index is 12.8. The number of nitrogens with one attached hydrogen (secondary N) is 3. The summed E-state index contributed by atoms with van der Waals surface area (Å²) in [5.74, 6) is -0.523. The Bertz CT molecular complexity index is 1180. The second kappa shape index (κ2) is 9.58. The van der Waals surface area contributed by atoms with Gasteiger partial charge in [0.2, 0.25) is 11.8 Å². The van der Waals surface area contributed by atoms with Crippen LogP contribution in [0.2, 0.25) is 0 Å². The normalized spacial score (nSPS) is 15.7. The SMILES string of the molecule is CC1CN(C(=O)c2ccc(-c3cnc(N)c(C(=N)OC(=N)c4ccccc4)n3)cc2)CCN1. The van der Waals surface area contributed by atoms with E-state index in [0.717, 1.165) is 12.1 Å². The molecule has 3 aromatic rings. The molecule has 1 fully saturated rings. The molecule has 9 heteroatoms. The minimum absolute atomic E-state index is 0.00594. The van der Waals surface area contributed by atoms with Gasteiger partial charge < -0.3 is 20.7 Å². The van der Waals surface area contributed by atoms with Gasteiger partial charge in [-0.25, -0.2) is 9.97 Å². The van der Waals surface area contributed by atoms with Gasteiger partial charge in [0.1, 0.15) is 0 Å². The van der Waals surface area contributed by atoms with Gasteiger partial charge >= 0.3 is 0 Å². The molecule has 9 nitrogen and oxygen atoms in total. The smallest absolute Gasteiger partial charge is 0.253 e. The Hall–Kier alpha value is -4.11. The predicted molar refractivity (Wildman–Crippen MR) is 126 cm³/mol. The molecule has 1 atom stereocenters. The van der Waals surface area contributed by atoms with Gasteiger partial charge in [0.15, 0.2) is 11.5 Å². The lowest BCUT2D eigenvalue weighted by Crippen LogP contribution is -2.51. The minimum Gasteiger partial charge on any atom is -0.419 e. The van der Waals surface area contributed by atoms with Crippen LogP contribution in [0.1, 0.15) is 28.5 Å². The molecule has 1 amide bonds. The van der Waals surface area contributed by atoms with Gasteiger partial charge in [0.05, 0.1) is 11.9 Å². The molecule has 0 radical (unpaired) electrons. The van der Waals surface area contributed by atoms with E-state index >= 15 is 0 Å². The fourth-order valence-corrected chi connectivity index (χ4v) is 3.59. The molecule has 4 rings (SSSR count). The Kier molecular flexibility index (Phi) is 6.41. The van der Waals surface area contributed by atoms with Crippen LogP contribution < -0.4 is 11.1 Å². The molecule has 5 N–H and O–H groups in total. The molecule has 168 valence electrons. The summed E-state index contributed by atoms with van der Waals surface area (Å²) in [7, 11) is 0. The summed E-state index contributed by atoms with van der Waals surface area (Å²) in [6, 6.07) is 16.2. The third-order valence-corrected chi connectivity index (χ3v) is 5.34. The Balaban J connectivity index is 1.50. The van der Waals surface area contributed by atoms with Crippen LogP contribution in [0.4, 0.5) is 5.82 Å². The van der Waals surface area contributed by atoms with Crippen molar-refractivity contribution in [2.45, 2.75) is 13.0 Å². The maximum Gasteiger partial charge on any atom is 0.253 e. The molecule has 1 aromatic heterocycles. The van der Waals surface area contributed by atoms with Crippen molar-refractivity contribution in [2.24, 2.45) is 0 Å². The molecule has 33 heavy (non-hydrogen) atoms. The Morgan fingerprint density at radius 2 is 1.82 bits per heavy atom. The second-order valence-electron chi connectivity index (χ2n) is 7.80. The minimum atomic E-state index is -0.365. The van der Waals surface area contributed by atoms with E-state index in [1.807, 2.05) is 11.0 Å². The van der Waals surface area contributed by atoms with E-state index in [-0.39, 0.29) is 35.3 Å². The van der Waals surface area contributed by atoms with Gasteiger partial charge in [-0.15, -0.1) is 0 Å². The Labute approximate surface area is 191 Å². The number of benzene rings is 2. The summed E-state index contributed by atoms with van der Waals surface area (Å²) in [4.78, 5) is 23.2. The van der Waals surface area contributed by atoms with Crippen LogP contribution >= 0.6 is 0 Å². The Morgan fingerprint density at radius 3 is 2.52 bits per heavy atom. The van der Waals surface area contributed by atoms with Crippen LogP contribution in [-0.2, 0) is 4.74 Å². The van der Waals surface area contributed by atoms with Crippen molar-refractivity contribution in [1.82, 2.24) is 20.2 Å². The van der Waals surface area contributed by atoms with Gasteiger partial charge in [-0.1, -0.05) is 30.3 Å². The number of nitrogens with zero attached hydrogens (tertiary/aromatic N) is 3. The van der Waals surface area contributed by atoms with Crippen LogP contribution in [0.15, 0.2) is 60.8 Å². The molecule has 1 unspecified atom stereocenters. The van der Waals surface area contributed by atoms with E-state index in [1.54, 1.807) is 48.5 Å². The third-order valence-electron chi connectivity index (χ3n) is 5.34. The first-order valence-electron chi connectivity index (χ1n) is 10.6. The van der Waals surface area contributed by atoms with Crippen LogP contribution in [0.5, 0.6) is 0 Å². The number of hydrogen-bond acceptors (Lipinski definition) is 8. The monoisotopic (exact) mass is 443 g/mol. The van der Waals surface area contributed by atoms with Gasteiger partial charge in [0, 0.05) is 42.4 Å². The standard InChI is InChI=1S/C24H25N7O2/c1-15-14-31(12-11-28-15)24(32)18-9-7-16(8-10-18)19-13-29-21(25)20(30-19)23(27)33-22(26)17-5-3-2-4-6-17/h2-10,13,15,26-28H,11-12,14H2,1H3,(H2,25,29). The number of anilines is 1. The van der Waals surface area contributed by atoms with Gasteiger partial charge in [0.25, 0.3) is 5.91 Å². The number of nitrogens with two attached hydrogens (primary N) is 1. The van der Waals surface area contributed by atoms with Crippen LogP contribution in [0, 0.1) is 10.8 Å². The second-order valence-corrected chi connectivity index (χ2v) is 7.80. The quantitative estimate of drug-likeness (QED) is 0.361. The van der Waals surface area contributed by atoms with Crippen molar-refractivity contribution in [3.8, 4) is 11.3 Å². The highest BCUT2D eigenvalue weighted by Gasteiger charge is 2.22. The molecule has 0 spiro atoms. The van der Waals surface area contributed by atoms with E-state index in [4.69, 9.17) is 21.3 Å². The van der Waals surface area contributed by atoms with E-state index in [1.165, 1.54) is 6.20 Å². The summed E-state index contributed by atoms with van der Waals surface area (Å²) >= 11 is 0. The van der Waals surface area contributed by atoms with Crippen molar-refractivity contribution in [2.75, 3.05) is 25.4 Å². The summed E-state index contributed by atoms with van der Waals surface area (Å²) in [5, 5.41) is 19.6. The lowest BCUT2D eigenvalue weighted by molar-refractivity contribution is 0.0709. The van der Waals surface area contributed by atoms with E-state index in [2.05, 4.69) is 22.2 Å². The first-order chi connectivity index (χ1) is 15.9. The number of carbonyl (C=O) groups is 1. The van der Waals surface area contributed by atoms with Crippen LogP contribution in [-0.4, -0.2) is 58.2 Å². The van der Waals surface area contributed by atoms with E-state index < -0.39 is 0 Å². The molecule has 1 aliphatic rings. The van der Waals surface area contributed by atoms with Crippen molar-refractivity contribution in [3.05, 3.63) is 77.6 Å². The van der Waals surface area contributed by atoms with Crippen LogP contribution in [0.3, 0.4) is 0 Å². The number of ether oxygens (including phenoxy) is 1. The third kappa shape index (κ3) is 5.04. The molecule has 1 saturated heterocycles. The highest BCUT2D eigenvalue weighted by molar-refractivity contribution is 6.05. The first kappa shape index (κ1) is 22.1. The summed E-state index contributed by atoms with van der Waals surface area (Å²) in [6.07, 6.45) is 1.50. The van der Waals surface area contributed by atoms with Gasteiger partial charge in [-0.05, 0) is 31.2 Å². The van der Waals surface area contributed by atoms with Crippen molar-refractivity contribution >= 4 is 23.5 Å². The predicted octanol–water partition coefficient (Wildman–Crippen LogP) is 2.53. The van der Waals surface area contributed by atoms with Crippen molar-refractivity contribution in [3.63, 3.8) is 0 Å². The number of carbonyl (C=O) groups excluding carboxylic acids is 1. The zero-order chi connectivity index (χ0) is 23.4. The average molecular weight is 444 g/mol. The lowest BCUT2D eigenvalue weighted by atomic mass is 10.1. The summed E-state index contributed by atoms with van der Waals surface area (Å²) in [6.45, 7) is 4.19. The fourth-order valence-electron chi connectivity index (χ4n) is 3.59. The zero-order valence-electron chi connectivity index (χ0n) is 18.2. The number of hydrogen-bond donors (Lipinski definition) is 4. The van der Waals surface area contributed by atoms with Crippen LogP contribution in [0.25, 0.3) is 11.3 Å².